The van der Waals surface area contributed by atoms with E-state index in [-0.39, 0.29) is 30.6 Å². The number of para-hydroxylation sites is 1. The van der Waals surface area contributed by atoms with Gasteiger partial charge in [0.1, 0.15) is 12.3 Å². The quantitative estimate of drug-likeness (QED) is 0.568. The van der Waals surface area contributed by atoms with Gasteiger partial charge in [-0.3, -0.25) is 23.6 Å². The third-order valence-corrected chi connectivity index (χ3v) is 6.32. The molecule has 1 saturated heterocycles. The first-order valence-electron chi connectivity index (χ1n) is 11.4. The largest absolute Gasteiger partial charge is 0.497 e. The van der Waals surface area contributed by atoms with Crippen LogP contribution in [0.2, 0.25) is 0 Å². The van der Waals surface area contributed by atoms with Crippen LogP contribution in [0.1, 0.15) is 31.4 Å². The molecule has 0 bridgehead atoms. The SMILES string of the molecule is CCn1c(=O)c2ccccc2n(CC(=O)NCC(c2ccc(OC)cc2)N2CCCC2)c1=O. The summed E-state index contributed by atoms with van der Waals surface area (Å²) in [4.78, 5) is 40.9. The molecule has 1 N–H and O–H groups in total. The summed E-state index contributed by atoms with van der Waals surface area (Å²) in [6.45, 7) is 4.26. The molecule has 4 rings (SSSR count). The average molecular weight is 451 g/mol. The molecule has 1 atom stereocenters. The van der Waals surface area contributed by atoms with Gasteiger partial charge in [0.2, 0.25) is 5.91 Å². The number of methoxy groups -OCH3 is 1. The summed E-state index contributed by atoms with van der Waals surface area (Å²) in [5.74, 6) is 0.529. The van der Waals surface area contributed by atoms with Crippen LogP contribution in [0.3, 0.4) is 0 Å². The molecule has 1 aromatic heterocycles. The molecular weight excluding hydrogens is 420 g/mol. The number of carbonyl (C=O) groups is 1. The molecule has 0 spiro atoms. The highest BCUT2D eigenvalue weighted by molar-refractivity contribution is 5.81. The van der Waals surface area contributed by atoms with E-state index < -0.39 is 5.69 Å². The molecule has 3 aromatic rings. The first-order chi connectivity index (χ1) is 16.0. The Balaban J connectivity index is 1.56. The van der Waals surface area contributed by atoms with E-state index >= 15 is 0 Å². The van der Waals surface area contributed by atoms with E-state index in [0.717, 1.165) is 37.2 Å². The molecule has 0 radical (unpaired) electrons. The van der Waals surface area contributed by atoms with Crippen molar-refractivity contribution in [3.05, 3.63) is 74.9 Å². The number of amides is 1. The van der Waals surface area contributed by atoms with E-state index in [0.29, 0.717) is 17.4 Å². The van der Waals surface area contributed by atoms with E-state index in [1.54, 1.807) is 38.3 Å². The highest BCUT2D eigenvalue weighted by atomic mass is 16.5. The summed E-state index contributed by atoms with van der Waals surface area (Å²) in [5.41, 5.74) is 0.782. The lowest BCUT2D eigenvalue weighted by atomic mass is 10.1. The molecule has 0 saturated carbocycles. The van der Waals surface area contributed by atoms with Gasteiger partial charge in [0, 0.05) is 13.1 Å². The smallest absolute Gasteiger partial charge is 0.331 e. The van der Waals surface area contributed by atoms with E-state index in [1.165, 1.54) is 9.13 Å². The molecule has 174 valence electrons. The van der Waals surface area contributed by atoms with Gasteiger partial charge in [0.15, 0.2) is 0 Å². The zero-order valence-corrected chi connectivity index (χ0v) is 19.1. The maximum Gasteiger partial charge on any atom is 0.331 e. The molecule has 2 aromatic carbocycles. The fourth-order valence-corrected chi connectivity index (χ4v) is 4.55. The van der Waals surface area contributed by atoms with Gasteiger partial charge < -0.3 is 10.1 Å². The minimum atomic E-state index is -0.470. The topological polar surface area (TPSA) is 85.6 Å². The predicted octanol–water partition coefficient (Wildman–Crippen LogP) is 2.15. The number of hydrogen-bond donors (Lipinski definition) is 1. The van der Waals surface area contributed by atoms with Gasteiger partial charge >= 0.3 is 5.69 Å². The number of benzene rings is 2. The number of hydrogen-bond acceptors (Lipinski definition) is 5. The van der Waals surface area contributed by atoms with Gasteiger partial charge in [-0.15, -0.1) is 0 Å². The maximum absolute atomic E-state index is 12.9. The molecule has 2 heterocycles. The van der Waals surface area contributed by atoms with Crippen molar-refractivity contribution in [1.82, 2.24) is 19.4 Å². The Morgan fingerprint density at radius 3 is 2.39 bits per heavy atom. The molecule has 1 unspecified atom stereocenters. The third kappa shape index (κ3) is 4.71. The number of rotatable bonds is 8. The van der Waals surface area contributed by atoms with Gasteiger partial charge in [0.05, 0.1) is 24.1 Å². The fourth-order valence-electron chi connectivity index (χ4n) is 4.55. The Morgan fingerprint density at radius 2 is 1.73 bits per heavy atom. The Labute approximate surface area is 192 Å². The van der Waals surface area contributed by atoms with Gasteiger partial charge in [-0.05, 0) is 62.7 Å². The van der Waals surface area contributed by atoms with Crippen LogP contribution >= 0.6 is 0 Å². The Morgan fingerprint density at radius 1 is 1.03 bits per heavy atom. The molecule has 8 heteroatoms. The van der Waals surface area contributed by atoms with Crippen LogP contribution < -0.4 is 21.3 Å². The second-order valence-electron chi connectivity index (χ2n) is 8.27. The number of nitrogens with zero attached hydrogens (tertiary/aromatic N) is 3. The third-order valence-electron chi connectivity index (χ3n) is 6.32. The van der Waals surface area contributed by atoms with Crippen LogP contribution in [0.5, 0.6) is 5.75 Å². The lowest BCUT2D eigenvalue weighted by molar-refractivity contribution is -0.121. The molecule has 33 heavy (non-hydrogen) atoms. The Hall–Kier alpha value is -3.39. The van der Waals surface area contributed by atoms with Crippen LogP contribution in [0.4, 0.5) is 0 Å². The summed E-state index contributed by atoms with van der Waals surface area (Å²) in [7, 11) is 1.64. The van der Waals surface area contributed by atoms with Crippen molar-refractivity contribution in [2.24, 2.45) is 0 Å². The van der Waals surface area contributed by atoms with E-state index in [1.807, 2.05) is 24.3 Å². The van der Waals surface area contributed by atoms with E-state index in [2.05, 4.69) is 10.2 Å². The number of ether oxygens (including phenoxy) is 1. The average Bonchev–Trinajstić information content (AvgIpc) is 3.37. The summed E-state index contributed by atoms with van der Waals surface area (Å²) in [6, 6.07) is 14.9. The van der Waals surface area contributed by atoms with Crippen molar-refractivity contribution in [2.45, 2.75) is 38.9 Å². The molecule has 1 aliphatic heterocycles. The fraction of sp³-hybridized carbons (Fsp3) is 0.400. The molecular formula is C25H30N4O4. The minimum Gasteiger partial charge on any atom is -0.497 e. The summed E-state index contributed by atoms with van der Waals surface area (Å²) < 4.78 is 7.82. The predicted molar refractivity (Wildman–Crippen MR) is 128 cm³/mol. The number of carbonyl (C=O) groups excluding carboxylic acids is 1. The number of likely N-dealkylation sites (tertiary alicyclic amines) is 1. The van der Waals surface area contributed by atoms with E-state index in [9.17, 15) is 14.4 Å². The van der Waals surface area contributed by atoms with Crippen molar-refractivity contribution < 1.29 is 9.53 Å². The minimum absolute atomic E-state index is 0.0421. The zero-order valence-electron chi connectivity index (χ0n) is 19.1. The summed E-state index contributed by atoms with van der Waals surface area (Å²) in [5, 5.41) is 3.45. The van der Waals surface area contributed by atoms with Gasteiger partial charge in [-0.25, -0.2) is 4.79 Å². The lowest BCUT2D eigenvalue weighted by Crippen LogP contribution is -2.43. The van der Waals surface area contributed by atoms with Crippen molar-refractivity contribution in [1.29, 1.82) is 0 Å². The van der Waals surface area contributed by atoms with Gasteiger partial charge in [0.25, 0.3) is 5.56 Å². The highest BCUT2D eigenvalue weighted by Gasteiger charge is 2.24. The maximum atomic E-state index is 12.9. The molecule has 0 aliphatic carbocycles. The second kappa shape index (κ2) is 10.0. The zero-order chi connectivity index (χ0) is 23.4. The normalized spacial score (nSPS) is 15.0. The van der Waals surface area contributed by atoms with Crippen molar-refractivity contribution >= 4 is 16.8 Å². The lowest BCUT2D eigenvalue weighted by Gasteiger charge is -2.28. The van der Waals surface area contributed by atoms with Crippen molar-refractivity contribution in [2.75, 3.05) is 26.7 Å². The van der Waals surface area contributed by atoms with Gasteiger partial charge in [-0.2, -0.15) is 0 Å². The first-order valence-corrected chi connectivity index (χ1v) is 11.4. The van der Waals surface area contributed by atoms with Crippen LogP contribution in [0, 0.1) is 0 Å². The molecule has 8 nitrogen and oxygen atoms in total. The highest BCUT2D eigenvalue weighted by Crippen LogP contribution is 2.26. The monoisotopic (exact) mass is 450 g/mol. The van der Waals surface area contributed by atoms with Crippen LogP contribution in [-0.4, -0.2) is 46.7 Å². The summed E-state index contributed by atoms with van der Waals surface area (Å²) >= 11 is 0. The first kappa shape index (κ1) is 22.8. The summed E-state index contributed by atoms with van der Waals surface area (Å²) in [6.07, 6.45) is 2.28. The Kier molecular flexibility index (Phi) is 6.93. The number of aromatic nitrogens is 2. The molecule has 1 fully saturated rings. The van der Waals surface area contributed by atoms with Crippen LogP contribution in [0.15, 0.2) is 58.1 Å². The van der Waals surface area contributed by atoms with E-state index in [4.69, 9.17) is 4.74 Å². The molecule has 1 amide bonds. The van der Waals surface area contributed by atoms with Gasteiger partial charge in [-0.1, -0.05) is 24.3 Å². The Bertz CT molecular complexity index is 1240. The second-order valence-corrected chi connectivity index (χ2v) is 8.27. The van der Waals surface area contributed by atoms with Crippen molar-refractivity contribution in [3.63, 3.8) is 0 Å². The van der Waals surface area contributed by atoms with Crippen molar-refractivity contribution in [3.8, 4) is 5.75 Å². The molecule has 1 aliphatic rings. The number of nitrogens with one attached hydrogen (secondary N) is 1. The van der Waals surface area contributed by atoms with Crippen LogP contribution in [0.25, 0.3) is 10.9 Å². The standard InChI is InChI=1S/C25H30N4O4/c1-3-28-24(31)20-8-4-5-9-21(20)29(25(28)32)17-23(30)26-16-22(27-14-6-7-15-27)18-10-12-19(33-2)13-11-18/h4-5,8-13,22H,3,6-7,14-17H2,1-2H3,(H,26,30). The van der Waals surface area contributed by atoms with Crippen LogP contribution in [-0.2, 0) is 17.9 Å². The number of fused-ring (bicyclic) bond motifs is 1.